The van der Waals surface area contributed by atoms with Gasteiger partial charge in [0.1, 0.15) is 11.6 Å². The molecule has 5 rings (SSSR count). The summed E-state index contributed by atoms with van der Waals surface area (Å²) in [4.78, 5) is 22.7. The van der Waals surface area contributed by atoms with Gasteiger partial charge in [-0.15, -0.1) is 5.10 Å². The largest absolute Gasteiger partial charge is 0.497 e. The van der Waals surface area contributed by atoms with E-state index in [-0.39, 0.29) is 17.6 Å². The van der Waals surface area contributed by atoms with Gasteiger partial charge < -0.3 is 10.1 Å². The first kappa shape index (κ1) is 23.4. The fraction of sp³-hybridized carbons (Fsp3) is 0.154. The van der Waals surface area contributed by atoms with Crippen molar-refractivity contribution in [1.29, 1.82) is 0 Å². The molecule has 0 bridgehead atoms. The number of aromatic nitrogens is 4. The number of carbonyl (C=O) groups is 1. The van der Waals surface area contributed by atoms with Gasteiger partial charge in [0.05, 0.1) is 35.8 Å². The van der Waals surface area contributed by atoms with Crippen molar-refractivity contribution < 1.29 is 9.53 Å². The van der Waals surface area contributed by atoms with Gasteiger partial charge in [-0.3, -0.25) is 9.79 Å². The third-order valence-electron chi connectivity index (χ3n) is 5.60. The Bertz CT molecular complexity index is 1430. The number of nitrogens with zero attached hydrogens (tertiary/aromatic N) is 6. The standard InChI is InChI=1S/C26H23N7O2S/c1-17-24(18-12-14-20(35-2)15-13-18)25(28-22-11-7-6-10-21(22)27-17)29-23(34)16-36-26-30-31-32-33(26)19-8-4-3-5-9-19/h3-15,24H,16H2,1-2H3,(H,28,29,34)/t24-/m1/s1. The number of tetrazole rings is 1. The SMILES string of the molecule is COc1ccc([C@H]2C(C)=Nc3ccccc3N=C2NC(=O)CSc2nnnn2-c2ccccc2)cc1. The fourth-order valence-corrected chi connectivity index (χ4v) is 4.60. The van der Waals surface area contributed by atoms with Crippen LogP contribution in [0.25, 0.3) is 5.69 Å². The summed E-state index contributed by atoms with van der Waals surface area (Å²) < 4.78 is 6.91. The van der Waals surface area contributed by atoms with Gasteiger partial charge >= 0.3 is 0 Å². The van der Waals surface area contributed by atoms with E-state index >= 15 is 0 Å². The van der Waals surface area contributed by atoms with Gasteiger partial charge in [-0.2, -0.15) is 4.68 Å². The number of benzene rings is 3. The number of ether oxygens (including phenoxy) is 1. The molecule has 180 valence electrons. The first-order chi connectivity index (χ1) is 17.6. The molecule has 1 aliphatic heterocycles. The van der Waals surface area contributed by atoms with E-state index in [4.69, 9.17) is 14.7 Å². The molecule has 4 aromatic rings. The van der Waals surface area contributed by atoms with Crippen molar-refractivity contribution in [3.63, 3.8) is 0 Å². The highest BCUT2D eigenvalue weighted by Crippen LogP contribution is 2.34. The summed E-state index contributed by atoms with van der Waals surface area (Å²) in [6, 6.07) is 24.9. The molecule has 1 amide bonds. The van der Waals surface area contributed by atoms with Crippen LogP contribution in [0.2, 0.25) is 0 Å². The minimum atomic E-state index is -0.327. The van der Waals surface area contributed by atoms with Crippen LogP contribution in [0, 0.1) is 0 Å². The number of hydrogen-bond donors (Lipinski definition) is 1. The van der Waals surface area contributed by atoms with Gasteiger partial charge in [0.15, 0.2) is 0 Å². The van der Waals surface area contributed by atoms with Crippen LogP contribution < -0.4 is 10.1 Å². The van der Waals surface area contributed by atoms with Crippen molar-refractivity contribution in [3.8, 4) is 11.4 Å². The van der Waals surface area contributed by atoms with Gasteiger partial charge in [0.2, 0.25) is 11.1 Å². The number of carbonyl (C=O) groups excluding carboxylic acids is 1. The number of nitrogens with one attached hydrogen (secondary N) is 1. The smallest absolute Gasteiger partial charge is 0.235 e. The van der Waals surface area contributed by atoms with Crippen molar-refractivity contribution in [2.75, 3.05) is 12.9 Å². The molecular weight excluding hydrogens is 474 g/mol. The lowest BCUT2D eigenvalue weighted by atomic mass is 9.93. The number of amidine groups is 1. The molecule has 36 heavy (non-hydrogen) atoms. The normalized spacial score (nSPS) is 14.8. The van der Waals surface area contributed by atoms with Crippen LogP contribution in [0.4, 0.5) is 11.4 Å². The maximum Gasteiger partial charge on any atom is 0.235 e. The van der Waals surface area contributed by atoms with E-state index in [2.05, 4.69) is 20.8 Å². The molecule has 0 saturated carbocycles. The van der Waals surface area contributed by atoms with E-state index < -0.39 is 0 Å². The molecule has 1 aromatic heterocycles. The predicted molar refractivity (Wildman–Crippen MR) is 140 cm³/mol. The minimum absolute atomic E-state index is 0.111. The van der Waals surface area contributed by atoms with Crippen LogP contribution >= 0.6 is 11.8 Å². The number of hydrogen-bond acceptors (Lipinski definition) is 8. The molecule has 0 fully saturated rings. The maximum absolute atomic E-state index is 13.1. The average molecular weight is 498 g/mol. The van der Waals surface area contributed by atoms with E-state index in [1.165, 1.54) is 11.8 Å². The Morgan fingerprint density at radius 2 is 1.67 bits per heavy atom. The number of rotatable bonds is 6. The molecule has 1 N–H and O–H groups in total. The second-order valence-electron chi connectivity index (χ2n) is 7.99. The maximum atomic E-state index is 13.1. The molecule has 0 unspecified atom stereocenters. The quantitative estimate of drug-likeness (QED) is 0.393. The van der Waals surface area contributed by atoms with Gasteiger partial charge in [-0.25, -0.2) is 4.99 Å². The van der Waals surface area contributed by atoms with E-state index in [1.54, 1.807) is 11.8 Å². The highest BCUT2D eigenvalue weighted by molar-refractivity contribution is 7.99. The first-order valence-electron chi connectivity index (χ1n) is 11.3. The lowest BCUT2D eigenvalue weighted by Crippen LogP contribution is -2.38. The lowest BCUT2D eigenvalue weighted by molar-refractivity contribution is -0.117. The van der Waals surface area contributed by atoms with E-state index in [0.717, 1.165) is 28.4 Å². The Labute approximate surface area is 212 Å². The molecule has 0 aliphatic carbocycles. The second kappa shape index (κ2) is 10.5. The van der Waals surface area contributed by atoms with Crippen molar-refractivity contribution in [2.45, 2.75) is 18.0 Å². The van der Waals surface area contributed by atoms with Crippen LogP contribution in [0.3, 0.4) is 0 Å². The molecule has 2 heterocycles. The monoisotopic (exact) mass is 497 g/mol. The molecule has 1 aliphatic rings. The topological polar surface area (TPSA) is 107 Å². The van der Waals surface area contributed by atoms with Crippen LogP contribution in [0.1, 0.15) is 18.4 Å². The van der Waals surface area contributed by atoms with Crippen LogP contribution in [-0.4, -0.2) is 50.5 Å². The van der Waals surface area contributed by atoms with Crippen LogP contribution in [0.15, 0.2) is 94.0 Å². The van der Waals surface area contributed by atoms with Crippen molar-refractivity contribution in [1.82, 2.24) is 25.5 Å². The zero-order chi connectivity index (χ0) is 24.9. The number of fused-ring (bicyclic) bond motifs is 1. The predicted octanol–water partition coefficient (Wildman–Crippen LogP) is 4.50. The van der Waals surface area contributed by atoms with E-state index in [0.29, 0.717) is 16.7 Å². The molecule has 0 saturated heterocycles. The zero-order valence-electron chi connectivity index (χ0n) is 19.7. The minimum Gasteiger partial charge on any atom is -0.497 e. The summed E-state index contributed by atoms with van der Waals surface area (Å²) in [5, 5.41) is 15.4. The van der Waals surface area contributed by atoms with Crippen LogP contribution in [-0.2, 0) is 4.79 Å². The summed E-state index contributed by atoms with van der Waals surface area (Å²) in [6.45, 7) is 1.95. The third kappa shape index (κ3) is 5.03. The summed E-state index contributed by atoms with van der Waals surface area (Å²) in [5.41, 5.74) is 4.05. The average Bonchev–Trinajstić information content (AvgIpc) is 3.33. The molecular formula is C26H23N7O2S. The Hall–Kier alpha value is -4.31. The molecule has 3 aromatic carbocycles. The van der Waals surface area contributed by atoms with Gasteiger partial charge in [0.25, 0.3) is 0 Å². The van der Waals surface area contributed by atoms with E-state index in [1.807, 2.05) is 85.8 Å². The van der Waals surface area contributed by atoms with Crippen molar-refractivity contribution in [3.05, 3.63) is 84.4 Å². The number of amides is 1. The zero-order valence-corrected chi connectivity index (χ0v) is 20.5. The Morgan fingerprint density at radius 1 is 0.972 bits per heavy atom. The second-order valence-corrected chi connectivity index (χ2v) is 8.93. The molecule has 9 nitrogen and oxygen atoms in total. The summed E-state index contributed by atoms with van der Waals surface area (Å²) in [6.07, 6.45) is 0. The summed E-state index contributed by atoms with van der Waals surface area (Å²) in [7, 11) is 1.63. The highest BCUT2D eigenvalue weighted by Gasteiger charge is 2.27. The molecule has 0 radical (unpaired) electrons. The first-order valence-corrected chi connectivity index (χ1v) is 12.2. The number of methoxy groups -OCH3 is 1. The number of thioether (sulfide) groups is 1. The number of aliphatic imine (C=N–C) groups is 2. The van der Waals surface area contributed by atoms with Gasteiger partial charge in [-0.05, 0) is 59.3 Å². The Morgan fingerprint density at radius 3 is 2.39 bits per heavy atom. The van der Waals surface area contributed by atoms with Crippen molar-refractivity contribution in [2.24, 2.45) is 9.98 Å². The number of para-hydroxylation sites is 3. The third-order valence-corrected chi connectivity index (χ3v) is 6.52. The Kier molecular flexibility index (Phi) is 6.85. The van der Waals surface area contributed by atoms with Gasteiger partial charge in [-0.1, -0.05) is 54.2 Å². The molecule has 10 heteroatoms. The highest BCUT2D eigenvalue weighted by atomic mass is 32.2. The molecule has 0 spiro atoms. The summed E-state index contributed by atoms with van der Waals surface area (Å²) in [5.74, 6) is 0.832. The lowest BCUT2D eigenvalue weighted by Gasteiger charge is -2.19. The molecule has 1 atom stereocenters. The fourth-order valence-electron chi connectivity index (χ4n) is 3.90. The van der Waals surface area contributed by atoms with Crippen molar-refractivity contribution >= 4 is 40.6 Å². The summed E-state index contributed by atoms with van der Waals surface area (Å²) >= 11 is 1.25. The van der Waals surface area contributed by atoms with E-state index in [9.17, 15) is 4.79 Å². The van der Waals surface area contributed by atoms with Crippen LogP contribution in [0.5, 0.6) is 5.75 Å². The Balaban J connectivity index is 1.40. The van der Waals surface area contributed by atoms with Gasteiger partial charge in [0, 0.05) is 5.71 Å².